The van der Waals surface area contributed by atoms with Crippen LogP contribution in [0.2, 0.25) is 0 Å². The molecule has 146 valence electrons. The molecule has 3 amide bonds. The van der Waals surface area contributed by atoms with Crippen molar-refractivity contribution in [3.05, 3.63) is 66.1 Å². The predicted octanol–water partition coefficient (Wildman–Crippen LogP) is 1.41. The molecule has 0 saturated carbocycles. The number of amides is 3. The Bertz CT molecular complexity index is 835. The number of benzene rings is 1. The van der Waals surface area contributed by atoms with E-state index in [1.54, 1.807) is 12.1 Å². The third-order valence-corrected chi connectivity index (χ3v) is 3.61. The first kappa shape index (κ1) is 20.8. The van der Waals surface area contributed by atoms with Crippen molar-refractivity contribution in [1.29, 1.82) is 0 Å². The molecule has 0 spiro atoms. The number of carbonyl (C=O) groups excluding carboxylic acids is 3. The van der Waals surface area contributed by atoms with E-state index in [2.05, 4.69) is 21.5 Å². The Labute approximate surface area is 167 Å². The second-order valence-electron chi connectivity index (χ2n) is 5.60. The van der Waals surface area contributed by atoms with Gasteiger partial charge in [-0.05, 0) is 36.0 Å². The zero-order chi connectivity index (χ0) is 20.2. The SMILES string of the molecule is O=C(C=Cc1ccco1)NC(=S)NNC(=O)CCC(=O)NCc1ccccc1. The maximum Gasteiger partial charge on any atom is 0.250 e. The monoisotopic (exact) mass is 400 g/mol. The van der Waals surface area contributed by atoms with Crippen LogP contribution in [0.4, 0.5) is 0 Å². The Kier molecular flexibility index (Phi) is 8.41. The lowest BCUT2D eigenvalue weighted by Crippen LogP contribution is -2.48. The number of carbonyl (C=O) groups is 3. The average Bonchev–Trinajstić information content (AvgIpc) is 3.22. The van der Waals surface area contributed by atoms with Gasteiger partial charge in [-0.2, -0.15) is 0 Å². The van der Waals surface area contributed by atoms with Crippen LogP contribution in [0.25, 0.3) is 6.08 Å². The average molecular weight is 400 g/mol. The summed E-state index contributed by atoms with van der Waals surface area (Å²) in [7, 11) is 0. The number of nitrogens with one attached hydrogen (secondary N) is 4. The van der Waals surface area contributed by atoms with Crippen LogP contribution in [0.5, 0.6) is 0 Å². The van der Waals surface area contributed by atoms with E-state index < -0.39 is 11.8 Å². The molecular formula is C19H20N4O4S. The smallest absolute Gasteiger partial charge is 0.250 e. The molecule has 0 saturated heterocycles. The number of rotatable bonds is 7. The lowest BCUT2D eigenvalue weighted by molar-refractivity contribution is -0.126. The number of hydrogen-bond acceptors (Lipinski definition) is 5. The van der Waals surface area contributed by atoms with Crippen molar-refractivity contribution in [2.24, 2.45) is 0 Å². The fourth-order valence-electron chi connectivity index (χ4n) is 2.03. The molecule has 0 aliphatic carbocycles. The Morgan fingerprint density at radius 2 is 1.71 bits per heavy atom. The summed E-state index contributed by atoms with van der Waals surface area (Å²) in [4.78, 5) is 35.2. The van der Waals surface area contributed by atoms with Gasteiger partial charge < -0.3 is 9.73 Å². The van der Waals surface area contributed by atoms with Crippen LogP contribution in [-0.2, 0) is 20.9 Å². The highest BCUT2D eigenvalue weighted by molar-refractivity contribution is 7.80. The van der Waals surface area contributed by atoms with E-state index in [0.717, 1.165) is 5.56 Å². The summed E-state index contributed by atoms with van der Waals surface area (Å²) in [6, 6.07) is 12.8. The summed E-state index contributed by atoms with van der Waals surface area (Å²) in [6.07, 6.45) is 4.21. The molecule has 0 fully saturated rings. The van der Waals surface area contributed by atoms with Crippen LogP contribution in [0.1, 0.15) is 24.2 Å². The van der Waals surface area contributed by atoms with Gasteiger partial charge in [-0.1, -0.05) is 30.3 Å². The molecule has 2 aromatic rings. The van der Waals surface area contributed by atoms with E-state index in [0.29, 0.717) is 12.3 Å². The van der Waals surface area contributed by atoms with Crippen LogP contribution < -0.4 is 21.5 Å². The maximum absolute atomic E-state index is 11.8. The summed E-state index contributed by atoms with van der Waals surface area (Å²) in [5.41, 5.74) is 5.69. The van der Waals surface area contributed by atoms with Crippen LogP contribution in [0.3, 0.4) is 0 Å². The summed E-state index contributed by atoms with van der Waals surface area (Å²) in [5, 5.41) is 5.02. The van der Waals surface area contributed by atoms with Crippen LogP contribution in [-0.4, -0.2) is 22.8 Å². The summed E-state index contributed by atoms with van der Waals surface area (Å²) in [5.74, 6) is -0.633. The fourth-order valence-corrected chi connectivity index (χ4v) is 2.18. The van der Waals surface area contributed by atoms with Gasteiger partial charge >= 0.3 is 0 Å². The first-order valence-electron chi connectivity index (χ1n) is 8.45. The number of thiocarbonyl (C=S) groups is 1. The van der Waals surface area contributed by atoms with E-state index in [1.807, 2.05) is 30.3 Å². The quantitative estimate of drug-likeness (QED) is 0.318. The van der Waals surface area contributed by atoms with Gasteiger partial charge in [0.1, 0.15) is 5.76 Å². The van der Waals surface area contributed by atoms with Crippen molar-refractivity contribution < 1.29 is 18.8 Å². The minimum absolute atomic E-state index is 0.0252. The van der Waals surface area contributed by atoms with Gasteiger partial charge in [-0.15, -0.1) is 0 Å². The van der Waals surface area contributed by atoms with Gasteiger partial charge in [-0.3, -0.25) is 30.6 Å². The Morgan fingerprint density at radius 3 is 2.43 bits per heavy atom. The molecule has 9 heteroatoms. The molecule has 0 aliphatic rings. The summed E-state index contributed by atoms with van der Waals surface area (Å²) >= 11 is 4.90. The summed E-state index contributed by atoms with van der Waals surface area (Å²) in [6.45, 7) is 0.404. The normalized spacial score (nSPS) is 10.3. The highest BCUT2D eigenvalue weighted by Gasteiger charge is 2.08. The van der Waals surface area contributed by atoms with Crippen molar-refractivity contribution in [3.63, 3.8) is 0 Å². The minimum atomic E-state index is -0.483. The molecule has 1 heterocycles. The Hall–Kier alpha value is -3.46. The highest BCUT2D eigenvalue weighted by Crippen LogP contribution is 2.01. The lowest BCUT2D eigenvalue weighted by atomic mass is 10.2. The number of hydrazine groups is 1. The van der Waals surface area contributed by atoms with Crippen molar-refractivity contribution in [2.45, 2.75) is 19.4 Å². The zero-order valence-electron chi connectivity index (χ0n) is 14.9. The third kappa shape index (κ3) is 8.28. The predicted molar refractivity (Wildman–Crippen MR) is 107 cm³/mol. The number of hydrogen-bond donors (Lipinski definition) is 4. The van der Waals surface area contributed by atoms with Crippen molar-refractivity contribution in [1.82, 2.24) is 21.5 Å². The van der Waals surface area contributed by atoms with Gasteiger partial charge in [0.25, 0.3) is 0 Å². The van der Waals surface area contributed by atoms with Crippen molar-refractivity contribution in [3.8, 4) is 0 Å². The summed E-state index contributed by atoms with van der Waals surface area (Å²) < 4.78 is 5.05. The minimum Gasteiger partial charge on any atom is -0.465 e. The molecular weight excluding hydrogens is 380 g/mol. The van der Waals surface area contributed by atoms with E-state index in [1.165, 1.54) is 18.4 Å². The fraction of sp³-hybridized carbons (Fsp3) is 0.158. The molecule has 0 radical (unpaired) electrons. The van der Waals surface area contributed by atoms with Gasteiger partial charge in [0.2, 0.25) is 17.7 Å². The molecule has 0 unspecified atom stereocenters. The third-order valence-electron chi connectivity index (χ3n) is 3.41. The van der Waals surface area contributed by atoms with Crippen LogP contribution in [0.15, 0.2) is 59.2 Å². The second kappa shape index (κ2) is 11.3. The van der Waals surface area contributed by atoms with E-state index in [-0.39, 0.29) is 23.9 Å². The molecule has 1 aromatic carbocycles. The van der Waals surface area contributed by atoms with Crippen LogP contribution in [0, 0.1) is 0 Å². The van der Waals surface area contributed by atoms with Gasteiger partial charge in [0.05, 0.1) is 6.26 Å². The highest BCUT2D eigenvalue weighted by atomic mass is 32.1. The van der Waals surface area contributed by atoms with Gasteiger partial charge in [-0.25, -0.2) is 0 Å². The van der Waals surface area contributed by atoms with Gasteiger partial charge in [0, 0.05) is 25.5 Å². The zero-order valence-corrected chi connectivity index (χ0v) is 15.8. The molecule has 0 bridgehead atoms. The molecule has 8 nitrogen and oxygen atoms in total. The molecule has 28 heavy (non-hydrogen) atoms. The van der Waals surface area contributed by atoms with E-state index >= 15 is 0 Å². The molecule has 4 N–H and O–H groups in total. The second-order valence-corrected chi connectivity index (χ2v) is 6.01. The molecule has 0 aliphatic heterocycles. The van der Waals surface area contributed by atoms with E-state index in [4.69, 9.17) is 16.6 Å². The first-order chi connectivity index (χ1) is 13.5. The van der Waals surface area contributed by atoms with Crippen LogP contribution >= 0.6 is 12.2 Å². The molecule has 1 aromatic heterocycles. The van der Waals surface area contributed by atoms with Crippen molar-refractivity contribution >= 4 is 41.1 Å². The molecule has 2 rings (SSSR count). The molecule has 0 atom stereocenters. The lowest BCUT2D eigenvalue weighted by Gasteiger charge is -2.10. The first-order valence-corrected chi connectivity index (χ1v) is 8.86. The van der Waals surface area contributed by atoms with Gasteiger partial charge in [0.15, 0.2) is 5.11 Å². The van der Waals surface area contributed by atoms with E-state index in [9.17, 15) is 14.4 Å². The Morgan fingerprint density at radius 1 is 0.964 bits per heavy atom. The maximum atomic E-state index is 11.8. The largest absolute Gasteiger partial charge is 0.465 e. The topological polar surface area (TPSA) is 112 Å². The standard InChI is InChI=1S/C19H20N4O4S/c24-16(20-13-14-5-2-1-3-6-14)10-11-18(26)22-23-19(28)21-17(25)9-8-15-7-4-12-27-15/h1-9,12H,10-11,13H2,(H,20,24)(H,22,26)(H2,21,23,25,28). The number of furan rings is 1. The van der Waals surface area contributed by atoms with Crippen molar-refractivity contribution in [2.75, 3.05) is 0 Å². The Balaban J connectivity index is 1.58.